The number of carbonyl (C=O) groups excluding carboxylic acids is 1. The molecule has 0 aromatic rings. The Labute approximate surface area is 98.6 Å². The van der Waals surface area contributed by atoms with Gasteiger partial charge in [-0.05, 0) is 32.2 Å². The predicted octanol–water partition coefficient (Wildman–Crippen LogP) is 1.63. The van der Waals surface area contributed by atoms with E-state index in [1.165, 1.54) is 12.8 Å². The number of carbonyl (C=O) groups is 1. The van der Waals surface area contributed by atoms with Gasteiger partial charge in [0.25, 0.3) is 0 Å². The summed E-state index contributed by atoms with van der Waals surface area (Å²) in [5, 5.41) is 3.34. The predicted molar refractivity (Wildman–Crippen MR) is 65.2 cm³/mol. The van der Waals surface area contributed by atoms with Crippen LogP contribution in [0.5, 0.6) is 0 Å². The lowest BCUT2D eigenvalue weighted by Gasteiger charge is -2.38. The smallest absolute Gasteiger partial charge is 0.225 e. The monoisotopic (exact) mass is 224 g/mol. The fraction of sp³-hybridized carbons (Fsp3) is 0.923. The lowest BCUT2D eigenvalue weighted by molar-refractivity contribution is -0.137. The number of piperidine rings is 1. The van der Waals surface area contributed by atoms with Crippen LogP contribution in [0.15, 0.2) is 0 Å². The quantitative estimate of drug-likeness (QED) is 0.773. The summed E-state index contributed by atoms with van der Waals surface area (Å²) in [5.41, 5.74) is 0. The standard InChI is InChI=1S/C13H24N2O/c1-10-9-15(8-7-12(10)14-2)13(16)11-5-3-4-6-11/h10-12,14H,3-9H2,1-2H3. The van der Waals surface area contributed by atoms with Gasteiger partial charge >= 0.3 is 0 Å². The number of nitrogens with one attached hydrogen (secondary N) is 1. The molecule has 1 saturated heterocycles. The molecule has 2 unspecified atom stereocenters. The molecule has 1 aliphatic heterocycles. The molecule has 0 aromatic carbocycles. The average molecular weight is 224 g/mol. The fourth-order valence-electron chi connectivity index (χ4n) is 3.21. The van der Waals surface area contributed by atoms with Gasteiger partial charge in [-0.2, -0.15) is 0 Å². The number of amides is 1. The zero-order valence-corrected chi connectivity index (χ0v) is 10.5. The fourth-order valence-corrected chi connectivity index (χ4v) is 3.21. The molecule has 1 heterocycles. The Kier molecular flexibility index (Phi) is 3.85. The molecule has 2 aliphatic rings. The molecule has 0 spiro atoms. The highest BCUT2D eigenvalue weighted by Crippen LogP contribution is 2.28. The van der Waals surface area contributed by atoms with Gasteiger partial charge in [0.1, 0.15) is 0 Å². The number of likely N-dealkylation sites (tertiary alicyclic amines) is 1. The van der Waals surface area contributed by atoms with Crippen molar-refractivity contribution in [3.05, 3.63) is 0 Å². The summed E-state index contributed by atoms with van der Waals surface area (Å²) in [5.74, 6) is 1.36. The molecular weight excluding hydrogens is 200 g/mol. The molecule has 3 nitrogen and oxygen atoms in total. The van der Waals surface area contributed by atoms with E-state index in [2.05, 4.69) is 17.1 Å². The zero-order chi connectivity index (χ0) is 11.5. The molecule has 2 atom stereocenters. The van der Waals surface area contributed by atoms with E-state index in [9.17, 15) is 4.79 Å². The van der Waals surface area contributed by atoms with E-state index in [0.29, 0.717) is 23.8 Å². The topological polar surface area (TPSA) is 32.3 Å². The van der Waals surface area contributed by atoms with Gasteiger partial charge in [0.15, 0.2) is 0 Å². The van der Waals surface area contributed by atoms with Crippen molar-refractivity contribution in [2.24, 2.45) is 11.8 Å². The van der Waals surface area contributed by atoms with Gasteiger partial charge in [-0.3, -0.25) is 4.79 Å². The SMILES string of the molecule is CNC1CCN(C(=O)C2CCCC2)CC1C. The van der Waals surface area contributed by atoms with Crippen LogP contribution in [0.2, 0.25) is 0 Å². The van der Waals surface area contributed by atoms with E-state index < -0.39 is 0 Å². The third-order valence-corrected chi connectivity index (χ3v) is 4.29. The Morgan fingerprint density at radius 3 is 2.50 bits per heavy atom. The first-order valence-corrected chi connectivity index (χ1v) is 6.68. The summed E-state index contributed by atoms with van der Waals surface area (Å²) < 4.78 is 0. The maximum atomic E-state index is 12.2. The van der Waals surface area contributed by atoms with Gasteiger partial charge in [-0.15, -0.1) is 0 Å². The Hall–Kier alpha value is -0.570. The third-order valence-electron chi connectivity index (χ3n) is 4.29. The molecule has 3 heteroatoms. The van der Waals surface area contributed by atoms with E-state index in [-0.39, 0.29) is 0 Å². The summed E-state index contributed by atoms with van der Waals surface area (Å²) >= 11 is 0. The van der Waals surface area contributed by atoms with Crippen LogP contribution in [0.25, 0.3) is 0 Å². The molecule has 2 rings (SSSR count). The lowest BCUT2D eigenvalue weighted by atomic mass is 9.93. The van der Waals surface area contributed by atoms with Crippen molar-refractivity contribution >= 4 is 5.91 Å². The van der Waals surface area contributed by atoms with Crippen LogP contribution in [0.3, 0.4) is 0 Å². The highest BCUT2D eigenvalue weighted by molar-refractivity contribution is 5.79. The molecule has 2 fully saturated rings. The van der Waals surface area contributed by atoms with Crippen LogP contribution in [-0.2, 0) is 4.79 Å². The molecule has 1 saturated carbocycles. The Balaban J connectivity index is 1.88. The zero-order valence-electron chi connectivity index (χ0n) is 10.5. The number of hydrogen-bond donors (Lipinski definition) is 1. The molecule has 0 bridgehead atoms. The van der Waals surface area contributed by atoms with E-state index in [0.717, 1.165) is 32.4 Å². The molecule has 0 radical (unpaired) electrons. The minimum Gasteiger partial charge on any atom is -0.342 e. The average Bonchev–Trinajstić information content (AvgIpc) is 2.81. The van der Waals surface area contributed by atoms with Gasteiger partial charge in [0.05, 0.1) is 0 Å². The van der Waals surface area contributed by atoms with E-state index in [1.807, 2.05) is 7.05 Å². The molecule has 0 aromatic heterocycles. The highest BCUT2D eigenvalue weighted by Gasteiger charge is 2.32. The minimum absolute atomic E-state index is 0.346. The summed E-state index contributed by atoms with van der Waals surface area (Å²) in [6.45, 7) is 4.14. The molecular formula is C13H24N2O. The van der Waals surface area contributed by atoms with Gasteiger partial charge in [0, 0.05) is 25.0 Å². The highest BCUT2D eigenvalue weighted by atomic mass is 16.2. The van der Waals surface area contributed by atoms with Crippen molar-refractivity contribution in [2.45, 2.75) is 45.1 Å². The Morgan fingerprint density at radius 2 is 1.94 bits per heavy atom. The van der Waals surface area contributed by atoms with Gasteiger partial charge in [0.2, 0.25) is 5.91 Å². The molecule has 16 heavy (non-hydrogen) atoms. The minimum atomic E-state index is 0.346. The summed E-state index contributed by atoms with van der Waals surface area (Å²) in [6, 6.07) is 0.590. The van der Waals surface area contributed by atoms with Crippen molar-refractivity contribution in [3.63, 3.8) is 0 Å². The third kappa shape index (κ3) is 2.40. The van der Waals surface area contributed by atoms with Crippen molar-refractivity contribution in [3.8, 4) is 0 Å². The first-order chi connectivity index (χ1) is 7.72. The van der Waals surface area contributed by atoms with E-state index in [1.54, 1.807) is 0 Å². The second-order valence-corrected chi connectivity index (χ2v) is 5.43. The molecule has 1 amide bonds. The van der Waals surface area contributed by atoms with Crippen LogP contribution in [0.1, 0.15) is 39.0 Å². The van der Waals surface area contributed by atoms with Crippen molar-refractivity contribution in [1.29, 1.82) is 0 Å². The summed E-state index contributed by atoms with van der Waals surface area (Å²) in [4.78, 5) is 14.4. The van der Waals surface area contributed by atoms with Gasteiger partial charge < -0.3 is 10.2 Å². The maximum absolute atomic E-state index is 12.2. The number of nitrogens with zero attached hydrogens (tertiary/aromatic N) is 1. The number of rotatable bonds is 2. The van der Waals surface area contributed by atoms with Crippen molar-refractivity contribution in [1.82, 2.24) is 10.2 Å². The second kappa shape index (κ2) is 5.17. The largest absolute Gasteiger partial charge is 0.342 e. The summed E-state index contributed by atoms with van der Waals surface area (Å²) in [6.07, 6.45) is 5.85. The van der Waals surface area contributed by atoms with Gasteiger partial charge in [-0.25, -0.2) is 0 Å². The molecule has 1 N–H and O–H groups in total. The van der Waals surface area contributed by atoms with E-state index >= 15 is 0 Å². The first-order valence-electron chi connectivity index (χ1n) is 6.68. The van der Waals surface area contributed by atoms with Crippen LogP contribution in [0.4, 0.5) is 0 Å². The lowest BCUT2D eigenvalue weighted by Crippen LogP contribution is -2.50. The molecule has 92 valence electrons. The molecule has 1 aliphatic carbocycles. The number of hydrogen-bond acceptors (Lipinski definition) is 2. The summed E-state index contributed by atoms with van der Waals surface area (Å²) in [7, 11) is 2.02. The first kappa shape index (κ1) is 11.9. The van der Waals surface area contributed by atoms with Crippen LogP contribution < -0.4 is 5.32 Å². The van der Waals surface area contributed by atoms with Crippen LogP contribution >= 0.6 is 0 Å². The van der Waals surface area contributed by atoms with Crippen molar-refractivity contribution < 1.29 is 4.79 Å². The Morgan fingerprint density at radius 1 is 1.25 bits per heavy atom. The Bertz CT molecular complexity index is 248. The maximum Gasteiger partial charge on any atom is 0.225 e. The van der Waals surface area contributed by atoms with Gasteiger partial charge in [-0.1, -0.05) is 19.8 Å². The van der Waals surface area contributed by atoms with Crippen LogP contribution in [0, 0.1) is 11.8 Å². The normalized spacial score (nSPS) is 32.0. The second-order valence-electron chi connectivity index (χ2n) is 5.43. The van der Waals surface area contributed by atoms with Crippen LogP contribution in [-0.4, -0.2) is 37.0 Å². The van der Waals surface area contributed by atoms with Crippen molar-refractivity contribution in [2.75, 3.05) is 20.1 Å². The van der Waals surface area contributed by atoms with E-state index in [4.69, 9.17) is 0 Å².